The van der Waals surface area contributed by atoms with Gasteiger partial charge in [-0.05, 0) is 34.9 Å². The number of aliphatic carboxylic acids is 1. The molecule has 0 spiro atoms. The molecule has 0 saturated heterocycles. The van der Waals surface area contributed by atoms with Crippen molar-refractivity contribution < 1.29 is 23.1 Å². The summed E-state index contributed by atoms with van der Waals surface area (Å²) in [5, 5.41) is 8.75. The molecule has 1 unspecified atom stereocenters. The van der Waals surface area contributed by atoms with Crippen LogP contribution in [0.1, 0.15) is 23.6 Å². The van der Waals surface area contributed by atoms with Crippen molar-refractivity contribution in [2.24, 2.45) is 5.73 Å². The second kappa shape index (κ2) is 6.19. The Morgan fingerprint density at radius 3 is 2.27 bits per heavy atom. The van der Waals surface area contributed by atoms with Gasteiger partial charge in [-0.1, -0.05) is 30.3 Å². The van der Waals surface area contributed by atoms with E-state index < -0.39 is 23.8 Å². The predicted molar refractivity (Wildman–Crippen MR) is 76.1 cm³/mol. The Bertz CT molecular complexity index is 666. The molecule has 2 aromatic carbocycles. The van der Waals surface area contributed by atoms with Gasteiger partial charge in [-0.15, -0.1) is 0 Å². The van der Waals surface area contributed by atoms with Crippen LogP contribution in [0.2, 0.25) is 0 Å². The Morgan fingerprint density at radius 2 is 1.73 bits per heavy atom. The molecule has 0 aliphatic heterocycles. The fourth-order valence-electron chi connectivity index (χ4n) is 2.11. The van der Waals surface area contributed by atoms with Crippen molar-refractivity contribution >= 4 is 5.97 Å². The van der Waals surface area contributed by atoms with E-state index in [1.54, 1.807) is 24.3 Å². The number of halogens is 3. The van der Waals surface area contributed by atoms with E-state index >= 15 is 0 Å². The van der Waals surface area contributed by atoms with Gasteiger partial charge < -0.3 is 10.8 Å². The summed E-state index contributed by atoms with van der Waals surface area (Å²) in [5.74, 6) is -1.01. The number of carbonyl (C=O) groups is 1. The highest BCUT2D eigenvalue weighted by atomic mass is 19.4. The van der Waals surface area contributed by atoms with Gasteiger partial charge in [-0.25, -0.2) is 0 Å². The van der Waals surface area contributed by atoms with Crippen LogP contribution in [-0.4, -0.2) is 11.1 Å². The zero-order valence-corrected chi connectivity index (χ0v) is 11.5. The first-order valence-electron chi connectivity index (χ1n) is 6.52. The van der Waals surface area contributed by atoms with Gasteiger partial charge in [0.1, 0.15) is 0 Å². The summed E-state index contributed by atoms with van der Waals surface area (Å²) >= 11 is 0. The van der Waals surface area contributed by atoms with Gasteiger partial charge >= 0.3 is 12.1 Å². The Kier molecular flexibility index (Phi) is 4.51. The molecule has 0 bridgehead atoms. The first-order valence-corrected chi connectivity index (χ1v) is 6.52. The van der Waals surface area contributed by atoms with E-state index in [1.807, 2.05) is 0 Å². The second-order valence-corrected chi connectivity index (χ2v) is 4.90. The number of carboxylic acids is 1. The molecule has 6 heteroatoms. The van der Waals surface area contributed by atoms with Crippen LogP contribution < -0.4 is 5.73 Å². The van der Waals surface area contributed by atoms with Crippen LogP contribution >= 0.6 is 0 Å². The van der Waals surface area contributed by atoms with Crippen LogP contribution in [0.3, 0.4) is 0 Å². The summed E-state index contributed by atoms with van der Waals surface area (Å²) in [5.41, 5.74) is 7.00. The molecule has 3 nitrogen and oxygen atoms in total. The SMILES string of the molecule is NC(CC(=O)O)c1cccc(-c2ccc(C(F)(F)F)cc2)c1. The largest absolute Gasteiger partial charge is 0.481 e. The smallest absolute Gasteiger partial charge is 0.416 e. The van der Waals surface area contributed by atoms with E-state index in [0.717, 1.165) is 12.1 Å². The molecule has 0 saturated carbocycles. The predicted octanol–water partition coefficient (Wildman–Crippen LogP) is 3.85. The lowest BCUT2D eigenvalue weighted by molar-refractivity contribution is -0.138. The first-order chi connectivity index (χ1) is 10.3. The van der Waals surface area contributed by atoms with Crippen molar-refractivity contribution in [3.8, 4) is 11.1 Å². The van der Waals surface area contributed by atoms with Crippen LogP contribution in [-0.2, 0) is 11.0 Å². The average molecular weight is 309 g/mol. The molecule has 0 heterocycles. The maximum atomic E-state index is 12.5. The molecule has 0 fully saturated rings. The average Bonchev–Trinajstić information content (AvgIpc) is 2.46. The summed E-state index contributed by atoms with van der Waals surface area (Å²) in [7, 11) is 0. The summed E-state index contributed by atoms with van der Waals surface area (Å²) in [6.07, 6.45) is -4.58. The molecule has 0 amide bonds. The van der Waals surface area contributed by atoms with Crippen LogP contribution in [0.15, 0.2) is 48.5 Å². The Labute approximate surface area is 125 Å². The van der Waals surface area contributed by atoms with Crippen LogP contribution in [0.25, 0.3) is 11.1 Å². The molecule has 0 aromatic heterocycles. The number of alkyl halides is 3. The van der Waals surface area contributed by atoms with E-state index in [0.29, 0.717) is 16.7 Å². The number of nitrogens with two attached hydrogens (primary N) is 1. The quantitative estimate of drug-likeness (QED) is 0.901. The number of carboxylic acid groups (broad SMARTS) is 1. The minimum Gasteiger partial charge on any atom is -0.481 e. The third-order valence-electron chi connectivity index (χ3n) is 3.25. The van der Waals surface area contributed by atoms with Crippen molar-refractivity contribution in [1.82, 2.24) is 0 Å². The van der Waals surface area contributed by atoms with Crippen molar-refractivity contribution in [3.05, 3.63) is 59.7 Å². The fourth-order valence-corrected chi connectivity index (χ4v) is 2.11. The Hall–Kier alpha value is -2.34. The molecule has 2 rings (SSSR count). The summed E-state index contributed by atoms with van der Waals surface area (Å²) in [6, 6.07) is 10.9. The minimum atomic E-state index is -4.37. The maximum absolute atomic E-state index is 12.5. The summed E-state index contributed by atoms with van der Waals surface area (Å²) < 4.78 is 37.6. The standard InChI is InChI=1S/C16H14F3NO2/c17-16(18,19)13-6-4-10(5-7-13)11-2-1-3-12(8-11)14(20)9-15(21)22/h1-8,14H,9,20H2,(H,21,22). The molecule has 0 aliphatic carbocycles. The van der Waals surface area contributed by atoms with Gasteiger partial charge in [-0.2, -0.15) is 13.2 Å². The molecule has 0 radical (unpaired) electrons. The highest BCUT2D eigenvalue weighted by molar-refractivity contribution is 5.69. The van der Waals surface area contributed by atoms with E-state index in [1.165, 1.54) is 12.1 Å². The molecule has 2 aromatic rings. The van der Waals surface area contributed by atoms with Gasteiger partial charge in [-0.3, -0.25) is 4.79 Å². The molecular weight excluding hydrogens is 295 g/mol. The minimum absolute atomic E-state index is 0.212. The highest BCUT2D eigenvalue weighted by Gasteiger charge is 2.29. The van der Waals surface area contributed by atoms with Crippen LogP contribution in [0, 0.1) is 0 Å². The van der Waals surface area contributed by atoms with Crippen molar-refractivity contribution in [3.63, 3.8) is 0 Å². The molecule has 0 aliphatic rings. The lowest BCUT2D eigenvalue weighted by Gasteiger charge is -2.12. The molecule has 3 N–H and O–H groups in total. The summed E-state index contributed by atoms with van der Waals surface area (Å²) in [4.78, 5) is 10.7. The second-order valence-electron chi connectivity index (χ2n) is 4.90. The number of benzene rings is 2. The number of hydrogen-bond acceptors (Lipinski definition) is 2. The molecule has 1 atom stereocenters. The van der Waals surface area contributed by atoms with Gasteiger partial charge in [0.2, 0.25) is 0 Å². The number of rotatable bonds is 4. The molecule has 22 heavy (non-hydrogen) atoms. The van der Waals surface area contributed by atoms with E-state index in [2.05, 4.69) is 0 Å². The van der Waals surface area contributed by atoms with E-state index in [-0.39, 0.29) is 6.42 Å². The third kappa shape index (κ3) is 3.85. The Morgan fingerprint density at radius 1 is 1.09 bits per heavy atom. The van der Waals surface area contributed by atoms with Gasteiger partial charge in [0.05, 0.1) is 12.0 Å². The van der Waals surface area contributed by atoms with Gasteiger partial charge in [0, 0.05) is 6.04 Å². The van der Waals surface area contributed by atoms with E-state index in [9.17, 15) is 18.0 Å². The lowest BCUT2D eigenvalue weighted by Crippen LogP contribution is -2.14. The molecular formula is C16H14F3NO2. The fraction of sp³-hybridized carbons (Fsp3) is 0.188. The maximum Gasteiger partial charge on any atom is 0.416 e. The highest BCUT2D eigenvalue weighted by Crippen LogP contribution is 2.31. The first kappa shape index (κ1) is 16.0. The van der Waals surface area contributed by atoms with Crippen molar-refractivity contribution in [1.29, 1.82) is 0 Å². The topological polar surface area (TPSA) is 63.3 Å². The van der Waals surface area contributed by atoms with Gasteiger partial charge in [0.25, 0.3) is 0 Å². The normalized spacial score (nSPS) is 12.9. The zero-order chi connectivity index (χ0) is 16.3. The molecule has 116 valence electrons. The van der Waals surface area contributed by atoms with Crippen molar-refractivity contribution in [2.75, 3.05) is 0 Å². The number of hydrogen-bond donors (Lipinski definition) is 2. The van der Waals surface area contributed by atoms with Gasteiger partial charge in [0.15, 0.2) is 0 Å². The monoisotopic (exact) mass is 309 g/mol. The summed E-state index contributed by atoms with van der Waals surface area (Å²) in [6.45, 7) is 0. The zero-order valence-electron chi connectivity index (χ0n) is 11.5. The van der Waals surface area contributed by atoms with E-state index in [4.69, 9.17) is 10.8 Å². The third-order valence-corrected chi connectivity index (χ3v) is 3.25. The lowest BCUT2D eigenvalue weighted by atomic mass is 9.98. The Balaban J connectivity index is 2.28. The van der Waals surface area contributed by atoms with Crippen LogP contribution in [0.4, 0.5) is 13.2 Å². The van der Waals surface area contributed by atoms with Crippen molar-refractivity contribution in [2.45, 2.75) is 18.6 Å². The van der Waals surface area contributed by atoms with Crippen LogP contribution in [0.5, 0.6) is 0 Å².